The van der Waals surface area contributed by atoms with E-state index in [9.17, 15) is 0 Å². The van der Waals surface area contributed by atoms with Gasteiger partial charge in [-0.3, -0.25) is 4.98 Å². The van der Waals surface area contributed by atoms with Gasteiger partial charge in [0, 0.05) is 23.3 Å². The average Bonchev–Trinajstić information content (AvgIpc) is 2.46. The Balaban J connectivity index is 2.22. The molecule has 1 aromatic heterocycles. The van der Waals surface area contributed by atoms with Crippen molar-refractivity contribution in [2.75, 3.05) is 6.61 Å². The third kappa shape index (κ3) is 4.45. The number of aryl methyl sites for hydroxylation is 1. The van der Waals surface area contributed by atoms with Crippen LogP contribution in [0.5, 0.6) is 11.5 Å². The average molecular weight is 415 g/mol. The molecule has 2 aromatic rings. The molecule has 0 saturated carbocycles. The van der Waals surface area contributed by atoms with Gasteiger partial charge in [-0.1, -0.05) is 15.9 Å². The molecule has 2 rings (SSSR count). The lowest BCUT2D eigenvalue weighted by atomic mass is 10.2. The molecular weight excluding hydrogens is 398 g/mol. The minimum absolute atomic E-state index is 0.459. The topological polar surface area (TPSA) is 31.4 Å². The van der Waals surface area contributed by atoms with Crippen LogP contribution >= 0.6 is 31.9 Å². The molecule has 0 N–H and O–H groups in total. The van der Waals surface area contributed by atoms with Gasteiger partial charge in [0.1, 0.15) is 6.61 Å². The Hall–Kier alpha value is -1.07. The number of alkyl halides is 1. The van der Waals surface area contributed by atoms with Crippen molar-refractivity contribution < 1.29 is 9.47 Å². The third-order valence-corrected chi connectivity index (χ3v) is 4.07. The van der Waals surface area contributed by atoms with E-state index in [-0.39, 0.29) is 0 Å². The first-order chi connectivity index (χ1) is 10.1. The van der Waals surface area contributed by atoms with Crippen LogP contribution in [0.1, 0.15) is 23.6 Å². The SMILES string of the molecule is CCOc1cc(CBr)cc(Br)c1OCc1cncc(C)c1. The van der Waals surface area contributed by atoms with Crippen LogP contribution in [0.25, 0.3) is 0 Å². The molecule has 1 aromatic carbocycles. The molecule has 5 heteroatoms. The summed E-state index contributed by atoms with van der Waals surface area (Å²) in [6, 6.07) is 6.09. The highest BCUT2D eigenvalue weighted by Crippen LogP contribution is 2.38. The maximum atomic E-state index is 5.93. The first kappa shape index (κ1) is 16.3. The molecule has 0 aliphatic rings. The minimum atomic E-state index is 0.459. The summed E-state index contributed by atoms with van der Waals surface area (Å²) in [7, 11) is 0. The Morgan fingerprint density at radius 1 is 1.10 bits per heavy atom. The van der Waals surface area contributed by atoms with Gasteiger partial charge in [-0.05, 0) is 59.1 Å². The molecule has 0 atom stereocenters. The first-order valence-corrected chi connectivity index (χ1v) is 8.60. The van der Waals surface area contributed by atoms with Gasteiger partial charge in [0.2, 0.25) is 0 Å². The largest absolute Gasteiger partial charge is 0.490 e. The Kier molecular flexibility index (Phi) is 6.06. The second-order valence-corrected chi connectivity index (χ2v) is 6.05. The molecule has 0 radical (unpaired) electrons. The highest BCUT2D eigenvalue weighted by atomic mass is 79.9. The van der Waals surface area contributed by atoms with E-state index in [1.54, 1.807) is 0 Å². The van der Waals surface area contributed by atoms with Gasteiger partial charge in [0.25, 0.3) is 0 Å². The third-order valence-electron chi connectivity index (χ3n) is 2.84. The first-order valence-electron chi connectivity index (χ1n) is 6.68. The predicted molar refractivity (Wildman–Crippen MR) is 91.2 cm³/mol. The summed E-state index contributed by atoms with van der Waals surface area (Å²) in [4.78, 5) is 4.18. The normalized spacial score (nSPS) is 10.5. The van der Waals surface area contributed by atoms with Crippen molar-refractivity contribution in [1.82, 2.24) is 4.98 Å². The van der Waals surface area contributed by atoms with Gasteiger partial charge in [-0.15, -0.1) is 0 Å². The highest BCUT2D eigenvalue weighted by Gasteiger charge is 2.12. The number of benzene rings is 1. The van der Waals surface area contributed by atoms with Crippen LogP contribution < -0.4 is 9.47 Å². The zero-order valence-corrected chi connectivity index (χ0v) is 15.2. The van der Waals surface area contributed by atoms with Gasteiger partial charge in [-0.2, -0.15) is 0 Å². The van der Waals surface area contributed by atoms with Crippen LogP contribution in [0.2, 0.25) is 0 Å². The van der Waals surface area contributed by atoms with Crippen molar-refractivity contribution >= 4 is 31.9 Å². The van der Waals surface area contributed by atoms with E-state index in [4.69, 9.17) is 9.47 Å². The number of pyridine rings is 1. The summed E-state index contributed by atoms with van der Waals surface area (Å²) >= 11 is 7.02. The van der Waals surface area contributed by atoms with E-state index < -0.39 is 0 Å². The van der Waals surface area contributed by atoms with Crippen LogP contribution in [0, 0.1) is 6.92 Å². The number of ether oxygens (including phenoxy) is 2. The summed E-state index contributed by atoms with van der Waals surface area (Å²) in [6.07, 6.45) is 3.64. The van der Waals surface area contributed by atoms with E-state index in [2.05, 4.69) is 42.9 Å². The van der Waals surface area contributed by atoms with E-state index in [0.29, 0.717) is 13.2 Å². The number of aromatic nitrogens is 1. The molecule has 21 heavy (non-hydrogen) atoms. The zero-order chi connectivity index (χ0) is 15.2. The lowest BCUT2D eigenvalue weighted by Gasteiger charge is -2.15. The van der Waals surface area contributed by atoms with Gasteiger partial charge in [0.15, 0.2) is 11.5 Å². The van der Waals surface area contributed by atoms with E-state index in [0.717, 1.165) is 38.0 Å². The monoisotopic (exact) mass is 413 g/mol. The molecule has 0 bridgehead atoms. The molecule has 0 fully saturated rings. The number of nitrogens with zero attached hydrogens (tertiary/aromatic N) is 1. The van der Waals surface area contributed by atoms with Crippen molar-refractivity contribution in [2.45, 2.75) is 25.8 Å². The summed E-state index contributed by atoms with van der Waals surface area (Å²) in [5.41, 5.74) is 3.29. The molecule has 0 aliphatic carbocycles. The van der Waals surface area contributed by atoms with E-state index in [1.807, 2.05) is 38.4 Å². The summed E-state index contributed by atoms with van der Waals surface area (Å²) in [6.45, 7) is 5.04. The van der Waals surface area contributed by atoms with Crippen molar-refractivity contribution in [2.24, 2.45) is 0 Å². The van der Waals surface area contributed by atoms with Gasteiger partial charge < -0.3 is 9.47 Å². The standard InChI is InChI=1S/C16H17Br2NO2/c1-3-20-15-6-12(7-17)5-14(18)16(15)21-10-13-4-11(2)8-19-9-13/h4-6,8-9H,3,7,10H2,1-2H3. The van der Waals surface area contributed by atoms with Gasteiger partial charge in [0.05, 0.1) is 11.1 Å². The van der Waals surface area contributed by atoms with Gasteiger partial charge in [-0.25, -0.2) is 0 Å². The molecule has 0 spiro atoms. The fourth-order valence-corrected chi connectivity index (χ4v) is 2.88. The lowest BCUT2D eigenvalue weighted by molar-refractivity contribution is 0.267. The van der Waals surface area contributed by atoms with E-state index >= 15 is 0 Å². The predicted octanol–water partition coefficient (Wildman–Crippen LogP) is 5.03. The second-order valence-electron chi connectivity index (χ2n) is 4.63. The Bertz CT molecular complexity index is 617. The molecule has 0 saturated heterocycles. The summed E-state index contributed by atoms with van der Waals surface area (Å²) in [5, 5.41) is 0.772. The highest BCUT2D eigenvalue weighted by molar-refractivity contribution is 9.10. The minimum Gasteiger partial charge on any atom is -0.490 e. The molecule has 1 heterocycles. The quantitative estimate of drug-likeness (QED) is 0.621. The maximum absolute atomic E-state index is 5.93. The maximum Gasteiger partial charge on any atom is 0.175 e. The van der Waals surface area contributed by atoms with Gasteiger partial charge >= 0.3 is 0 Å². The summed E-state index contributed by atoms with van der Waals surface area (Å²) in [5.74, 6) is 1.48. The van der Waals surface area contributed by atoms with Crippen LogP contribution in [0.4, 0.5) is 0 Å². The Morgan fingerprint density at radius 2 is 1.90 bits per heavy atom. The van der Waals surface area contributed by atoms with Crippen molar-refractivity contribution in [3.63, 3.8) is 0 Å². The second kappa shape index (κ2) is 7.80. The van der Waals surface area contributed by atoms with E-state index in [1.165, 1.54) is 0 Å². The molecule has 0 amide bonds. The van der Waals surface area contributed by atoms with Crippen LogP contribution in [-0.4, -0.2) is 11.6 Å². The number of hydrogen-bond acceptors (Lipinski definition) is 3. The summed E-state index contributed by atoms with van der Waals surface area (Å²) < 4.78 is 12.5. The number of halogens is 2. The van der Waals surface area contributed by atoms with Crippen LogP contribution in [0.15, 0.2) is 35.1 Å². The Morgan fingerprint density at radius 3 is 2.57 bits per heavy atom. The van der Waals surface area contributed by atoms with Crippen LogP contribution in [-0.2, 0) is 11.9 Å². The molecule has 0 unspecified atom stereocenters. The van der Waals surface area contributed by atoms with Crippen molar-refractivity contribution in [1.29, 1.82) is 0 Å². The van der Waals surface area contributed by atoms with Crippen molar-refractivity contribution in [3.05, 3.63) is 51.8 Å². The van der Waals surface area contributed by atoms with Crippen molar-refractivity contribution in [3.8, 4) is 11.5 Å². The fourth-order valence-electron chi connectivity index (χ4n) is 1.95. The smallest absolute Gasteiger partial charge is 0.175 e. The molecule has 0 aliphatic heterocycles. The number of hydrogen-bond donors (Lipinski definition) is 0. The molecule has 112 valence electrons. The zero-order valence-electron chi connectivity index (χ0n) is 12.0. The molecular formula is C16H17Br2NO2. The number of rotatable bonds is 6. The lowest BCUT2D eigenvalue weighted by Crippen LogP contribution is -2.02. The Labute approximate surface area is 141 Å². The molecule has 3 nitrogen and oxygen atoms in total. The van der Waals surface area contributed by atoms with Crippen LogP contribution in [0.3, 0.4) is 0 Å². The fraction of sp³-hybridized carbons (Fsp3) is 0.312.